The number of aromatic nitrogens is 1. The quantitative estimate of drug-likeness (QED) is 0.547. The van der Waals surface area contributed by atoms with Gasteiger partial charge in [-0.2, -0.15) is 0 Å². The fourth-order valence-electron chi connectivity index (χ4n) is 1.39. The SMILES string of the molecule is O=c1cc2c(c[nH]1)CNCC2. The molecule has 0 bridgehead atoms. The summed E-state index contributed by atoms with van der Waals surface area (Å²) in [6, 6.07) is 1.69. The molecule has 2 heterocycles. The predicted molar refractivity (Wildman–Crippen MR) is 42.5 cm³/mol. The second-order valence-corrected chi connectivity index (χ2v) is 2.77. The van der Waals surface area contributed by atoms with E-state index in [-0.39, 0.29) is 5.56 Å². The number of H-pyrrole nitrogens is 1. The van der Waals surface area contributed by atoms with Crippen molar-refractivity contribution in [2.45, 2.75) is 13.0 Å². The lowest BCUT2D eigenvalue weighted by molar-refractivity contribution is 0.639. The molecule has 11 heavy (non-hydrogen) atoms. The molecular weight excluding hydrogens is 140 g/mol. The molecule has 0 amide bonds. The van der Waals surface area contributed by atoms with E-state index in [0.29, 0.717) is 0 Å². The van der Waals surface area contributed by atoms with E-state index in [9.17, 15) is 4.79 Å². The number of pyridine rings is 1. The standard InChI is InChI=1S/C8H10N2O/c11-8-3-6-1-2-9-4-7(6)5-10-8/h3,5,9H,1-2,4H2,(H,10,11). The molecule has 2 rings (SSSR count). The Bertz CT molecular complexity index is 316. The van der Waals surface area contributed by atoms with Crippen LogP contribution in [0, 0.1) is 0 Å². The normalized spacial score (nSPS) is 16.0. The largest absolute Gasteiger partial charge is 0.329 e. The number of rotatable bonds is 0. The molecule has 1 aliphatic heterocycles. The molecule has 0 fully saturated rings. The third-order valence-corrected chi connectivity index (χ3v) is 1.99. The van der Waals surface area contributed by atoms with Crippen molar-refractivity contribution in [3.8, 4) is 0 Å². The highest BCUT2D eigenvalue weighted by Gasteiger charge is 2.07. The Morgan fingerprint density at radius 3 is 3.18 bits per heavy atom. The summed E-state index contributed by atoms with van der Waals surface area (Å²) < 4.78 is 0. The van der Waals surface area contributed by atoms with Crippen molar-refractivity contribution >= 4 is 0 Å². The molecule has 0 saturated heterocycles. The third kappa shape index (κ3) is 1.19. The van der Waals surface area contributed by atoms with Gasteiger partial charge in [0.25, 0.3) is 0 Å². The van der Waals surface area contributed by atoms with E-state index in [1.54, 1.807) is 12.3 Å². The molecular formula is C8H10N2O. The van der Waals surface area contributed by atoms with Gasteiger partial charge in [0, 0.05) is 18.8 Å². The van der Waals surface area contributed by atoms with Crippen molar-refractivity contribution in [1.29, 1.82) is 0 Å². The molecule has 0 unspecified atom stereocenters. The van der Waals surface area contributed by atoms with E-state index in [4.69, 9.17) is 0 Å². The van der Waals surface area contributed by atoms with Gasteiger partial charge in [-0.3, -0.25) is 4.79 Å². The Kier molecular flexibility index (Phi) is 1.51. The van der Waals surface area contributed by atoms with Crippen molar-refractivity contribution in [3.05, 3.63) is 33.7 Å². The van der Waals surface area contributed by atoms with Crippen LogP contribution in [0.5, 0.6) is 0 Å². The van der Waals surface area contributed by atoms with Crippen LogP contribution in [0.2, 0.25) is 0 Å². The first kappa shape index (κ1) is 6.61. The lowest BCUT2D eigenvalue weighted by Crippen LogP contribution is -2.25. The molecule has 0 saturated carbocycles. The summed E-state index contributed by atoms with van der Waals surface area (Å²) in [6.07, 6.45) is 2.77. The van der Waals surface area contributed by atoms with Crippen LogP contribution in [0.15, 0.2) is 17.1 Å². The van der Waals surface area contributed by atoms with Crippen LogP contribution in [0.4, 0.5) is 0 Å². The van der Waals surface area contributed by atoms with E-state index in [1.807, 2.05) is 0 Å². The highest BCUT2D eigenvalue weighted by Crippen LogP contribution is 2.08. The molecule has 2 N–H and O–H groups in total. The Balaban J connectivity index is 2.51. The van der Waals surface area contributed by atoms with Crippen molar-refractivity contribution in [2.75, 3.05) is 6.54 Å². The fraction of sp³-hybridized carbons (Fsp3) is 0.375. The van der Waals surface area contributed by atoms with Crippen LogP contribution in [0.3, 0.4) is 0 Å². The van der Waals surface area contributed by atoms with Gasteiger partial charge in [0.2, 0.25) is 5.56 Å². The molecule has 1 aromatic rings. The van der Waals surface area contributed by atoms with Gasteiger partial charge in [-0.25, -0.2) is 0 Å². The van der Waals surface area contributed by atoms with Gasteiger partial charge in [-0.15, -0.1) is 0 Å². The van der Waals surface area contributed by atoms with Gasteiger partial charge in [-0.1, -0.05) is 0 Å². The van der Waals surface area contributed by atoms with E-state index < -0.39 is 0 Å². The maximum Gasteiger partial charge on any atom is 0.248 e. The first-order chi connectivity index (χ1) is 5.36. The van der Waals surface area contributed by atoms with Crippen molar-refractivity contribution < 1.29 is 0 Å². The number of hydrogen-bond donors (Lipinski definition) is 2. The number of nitrogens with one attached hydrogen (secondary N) is 2. The molecule has 1 aromatic heterocycles. The second-order valence-electron chi connectivity index (χ2n) is 2.77. The summed E-state index contributed by atoms with van der Waals surface area (Å²) in [6.45, 7) is 1.86. The zero-order chi connectivity index (χ0) is 7.68. The van der Waals surface area contributed by atoms with Crippen LogP contribution in [-0.2, 0) is 13.0 Å². The minimum Gasteiger partial charge on any atom is -0.329 e. The predicted octanol–water partition coefficient (Wildman–Crippen LogP) is 0.0206. The Morgan fingerprint density at radius 2 is 2.27 bits per heavy atom. The van der Waals surface area contributed by atoms with E-state index in [0.717, 1.165) is 19.5 Å². The van der Waals surface area contributed by atoms with Gasteiger partial charge in [0.1, 0.15) is 0 Å². The summed E-state index contributed by atoms with van der Waals surface area (Å²) in [5.41, 5.74) is 2.41. The van der Waals surface area contributed by atoms with Gasteiger partial charge >= 0.3 is 0 Å². The first-order valence-electron chi connectivity index (χ1n) is 3.77. The van der Waals surface area contributed by atoms with Gasteiger partial charge in [0.05, 0.1) is 0 Å². The highest BCUT2D eigenvalue weighted by molar-refractivity contribution is 5.25. The summed E-state index contributed by atoms with van der Waals surface area (Å²) in [4.78, 5) is 13.5. The van der Waals surface area contributed by atoms with Crippen molar-refractivity contribution in [1.82, 2.24) is 10.3 Å². The zero-order valence-corrected chi connectivity index (χ0v) is 6.18. The van der Waals surface area contributed by atoms with Crippen LogP contribution in [0.25, 0.3) is 0 Å². The number of fused-ring (bicyclic) bond motifs is 1. The summed E-state index contributed by atoms with van der Waals surface area (Å²) in [5, 5.41) is 3.24. The molecule has 0 spiro atoms. The molecule has 0 aliphatic carbocycles. The van der Waals surface area contributed by atoms with Crippen LogP contribution in [0.1, 0.15) is 11.1 Å². The molecule has 3 heteroatoms. The van der Waals surface area contributed by atoms with E-state index >= 15 is 0 Å². The maximum atomic E-state index is 10.9. The van der Waals surface area contributed by atoms with Crippen molar-refractivity contribution in [3.63, 3.8) is 0 Å². The van der Waals surface area contributed by atoms with Gasteiger partial charge in [-0.05, 0) is 24.1 Å². The third-order valence-electron chi connectivity index (χ3n) is 1.99. The van der Waals surface area contributed by atoms with Gasteiger partial charge in [0.15, 0.2) is 0 Å². The second kappa shape index (κ2) is 2.51. The summed E-state index contributed by atoms with van der Waals surface area (Å²) in [5.74, 6) is 0. The molecule has 58 valence electrons. The van der Waals surface area contributed by atoms with Crippen molar-refractivity contribution in [2.24, 2.45) is 0 Å². The van der Waals surface area contributed by atoms with Crippen LogP contribution in [-0.4, -0.2) is 11.5 Å². The zero-order valence-electron chi connectivity index (χ0n) is 6.18. The smallest absolute Gasteiger partial charge is 0.248 e. The summed E-state index contributed by atoms with van der Waals surface area (Å²) in [7, 11) is 0. The number of hydrogen-bond acceptors (Lipinski definition) is 2. The molecule has 0 atom stereocenters. The fourth-order valence-corrected chi connectivity index (χ4v) is 1.39. The lowest BCUT2D eigenvalue weighted by Gasteiger charge is -2.15. The summed E-state index contributed by atoms with van der Waals surface area (Å²) >= 11 is 0. The highest BCUT2D eigenvalue weighted by atomic mass is 16.1. The first-order valence-corrected chi connectivity index (χ1v) is 3.77. The average Bonchev–Trinajstić information content (AvgIpc) is 2.04. The van der Waals surface area contributed by atoms with Crippen LogP contribution < -0.4 is 10.9 Å². The minimum absolute atomic E-state index is 0.00523. The Morgan fingerprint density at radius 1 is 1.36 bits per heavy atom. The van der Waals surface area contributed by atoms with Crippen LogP contribution >= 0.6 is 0 Å². The Hall–Kier alpha value is -1.09. The maximum absolute atomic E-state index is 10.9. The topological polar surface area (TPSA) is 44.9 Å². The average molecular weight is 150 g/mol. The Labute approximate surface area is 64.5 Å². The molecule has 1 aliphatic rings. The monoisotopic (exact) mass is 150 g/mol. The number of aromatic amines is 1. The van der Waals surface area contributed by atoms with E-state index in [1.165, 1.54) is 11.1 Å². The van der Waals surface area contributed by atoms with E-state index in [2.05, 4.69) is 10.3 Å². The molecule has 0 radical (unpaired) electrons. The molecule has 3 nitrogen and oxygen atoms in total. The van der Waals surface area contributed by atoms with Gasteiger partial charge < -0.3 is 10.3 Å². The minimum atomic E-state index is 0.00523. The lowest BCUT2D eigenvalue weighted by atomic mass is 10.0. The molecule has 0 aromatic carbocycles.